The first-order valence-electron chi connectivity index (χ1n) is 6.69. The highest BCUT2D eigenvalue weighted by Gasteiger charge is 2.16. The van der Waals surface area contributed by atoms with Gasteiger partial charge in [0.1, 0.15) is 17.2 Å². The summed E-state index contributed by atoms with van der Waals surface area (Å²) < 4.78 is 12.3. The zero-order valence-corrected chi connectivity index (χ0v) is 13.0. The van der Waals surface area contributed by atoms with Crippen molar-refractivity contribution >= 4 is 0 Å². The van der Waals surface area contributed by atoms with Crippen molar-refractivity contribution in [2.24, 2.45) is 0 Å². The van der Waals surface area contributed by atoms with E-state index in [9.17, 15) is 0 Å². The van der Waals surface area contributed by atoms with Crippen LogP contribution in [-0.2, 0) is 6.54 Å². The second kappa shape index (κ2) is 6.09. The molecule has 0 aliphatic carbocycles. The van der Waals surface area contributed by atoms with Crippen LogP contribution in [0.15, 0.2) is 18.2 Å². The molecule has 7 heteroatoms. The van der Waals surface area contributed by atoms with Crippen molar-refractivity contribution in [2.75, 3.05) is 14.2 Å². The second-order valence-corrected chi connectivity index (χ2v) is 5.65. The highest BCUT2D eigenvalue weighted by molar-refractivity contribution is 5.50. The molecule has 114 valence electrons. The predicted molar refractivity (Wildman–Crippen MR) is 78.9 cm³/mol. The lowest BCUT2D eigenvalue weighted by Gasteiger charge is -2.20. The van der Waals surface area contributed by atoms with Crippen LogP contribution in [0.3, 0.4) is 0 Å². The maximum atomic E-state index is 5.40. The Morgan fingerprint density at radius 2 is 1.95 bits per heavy atom. The topological polar surface area (TPSA) is 74.1 Å². The SMILES string of the molecule is COc1ccc(-n2nnnc2CNC(C)(C)C)c(OC)c1. The average Bonchev–Trinajstić information content (AvgIpc) is 2.91. The summed E-state index contributed by atoms with van der Waals surface area (Å²) >= 11 is 0. The normalized spacial score (nSPS) is 11.5. The minimum absolute atomic E-state index is 0.0131. The van der Waals surface area contributed by atoms with Gasteiger partial charge in [0, 0.05) is 11.6 Å². The van der Waals surface area contributed by atoms with Crippen LogP contribution < -0.4 is 14.8 Å². The van der Waals surface area contributed by atoms with E-state index < -0.39 is 0 Å². The van der Waals surface area contributed by atoms with E-state index in [2.05, 4.69) is 41.6 Å². The van der Waals surface area contributed by atoms with Gasteiger partial charge in [-0.15, -0.1) is 5.10 Å². The van der Waals surface area contributed by atoms with E-state index in [1.54, 1.807) is 25.0 Å². The molecule has 0 saturated carbocycles. The van der Waals surface area contributed by atoms with Gasteiger partial charge in [-0.05, 0) is 43.3 Å². The smallest absolute Gasteiger partial charge is 0.170 e. The molecule has 2 rings (SSSR count). The van der Waals surface area contributed by atoms with Crippen LogP contribution in [0.5, 0.6) is 11.5 Å². The summed E-state index contributed by atoms with van der Waals surface area (Å²) in [5.41, 5.74) is 0.759. The van der Waals surface area contributed by atoms with Crippen molar-refractivity contribution < 1.29 is 9.47 Å². The van der Waals surface area contributed by atoms with Gasteiger partial charge in [-0.2, -0.15) is 4.68 Å². The Morgan fingerprint density at radius 3 is 2.57 bits per heavy atom. The summed E-state index contributed by atoms with van der Waals surface area (Å²) in [4.78, 5) is 0. The van der Waals surface area contributed by atoms with Crippen LogP contribution in [-0.4, -0.2) is 40.0 Å². The van der Waals surface area contributed by atoms with Gasteiger partial charge < -0.3 is 14.8 Å². The van der Waals surface area contributed by atoms with Gasteiger partial charge in [0.25, 0.3) is 0 Å². The Morgan fingerprint density at radius 1 is 1.19 bits per heavy atom. The van der Waals surface area contributed by atoms with E-state index >= 15 is 0 Å². The molecule has 0 aliphatic rings. The molecule has 0 atom stereocenters. The molecule has 0 radical (unpaired) electrons. The molecule has 0 spiro atoms. The van der Waals surface area contributed by atoms with E-state index in [0.717, 1.165) is 11.4 Å². The average molecular weight is 291 g/mol. The van der Waals surface area contributed by atoms with E-state index in [1.165, 1.54) is 0 Å². The first-order valence-corrected chi connectivity index (χ1v) is 6.69. The van der Waals surface area contributed by atoms with Crippen LogP contribution >= 0.6 is 0 Å². The number of ether oxygens (including phenoxy) is 2. The minimum Gasteiger partial charge on any atom is -0.497 e. The van der Waals surface area contributed by atoms with Crippen molar-refractivity contribution in [1.82, 2.24) is 25.5 Å². The summed E-state index contributed by atoms with van der Waals surface area (Å²) in [5, 5.41) is 15.2. The number of nitrogens with zero attached hydrogens (tertiary/aromatic N) is 4. The van der Waals surface area contributed by atoms with Gasteiger partial charge in [-0.3, -0.25) is 0 Å². The van der Waals surface area contributed by atoms with Crippen LogP contribution in [0.1, 0.15) is 26.6 Å². The molecule has 0 bridgehead atoms. The maximum absolute atomic E-state index is 5.40. The van der Waals surface area contributed by atoms with Crippen LogP contribution in [0, 0.1) is 0 Å². The number of benzene rings is 1. The Hall–Kier alpha value is -2.15. The van der Waals surface area contributed by atoms with Gasteiger partial charge in [0.2, 0.25) is 0 Å². The molecule has 0 fully saturated rings. The zero-order chi connectivity index (χ0) is 15.5. The third kappa shape index (κ3) is 3.69. The molecule has 1 aromatic carbocycles. The van der Waals surface area contributed by atoms with E-state index in [0.29, 0.717) is 18.1 Å². The Balaban J connectivity index is 2.32. The number of hydrogen-bond donors (Lipinski definition) is 1. The number of aromatic nitrogens is 4. The molecule has 0 unspecified atom stereocenters. The third-order valence-corrected chi connectivity index (χ3v) is 2.93. The third-order valence-electron chi connectivity index (χ3n) is 2.93. The fraction of sp³-hybridized carbons (Fsp3) is 0.500. The van der Waals surface area contributed by atoms with E-state index in [1.807, 2.05) is 12.1 Å². The van der Waals surface area contributed by atoms with Gasteiger partial charge in [-0.1, -0.05) is 0 Å². The first kappa shape index (κ1) is 15.2. The number of methoxy groups -OCH3 is 2. The summed E-state index contributed by atoms with van der Waals surface area (Å²) in [6.45, 7) is 6.84. The second-order valence-electron chi connectivity index (χ2n) is 5.65. The van der Waals surface area contributed by atoms with E-state index in [4.69, 9.17) is 9.47 Å². The fourth-order valence-electron chi connectivity index (χ4n) is 1.81. The van der Waals surface area contributed by atoms with Crippen LogP contribution in [0.4, 0.5) is 0 Å². The van der Waals surface area contributed by atoms with Gasteiger partial charge in [0.15, 0.2) is 5.82 Å². The maximum Gasteiger partial charge on any atom is 0.170 e. The van der Waals surface area contributed by atoms with Crippen molar-refractivity contribution in [1.29, 1.82) is 0 Å². The summed E-state index contributed by atoms with van der Waals surface area (Å²) in [7, 11) is 3.22. The molecule has 0 saturated heterocycles. The molecule has 0 amide bonds. The number of tetrazole rings is 1. The number of hydrogen-bond acceptors (Lipinski definition) is 6. The highest BCUT2D eigenvalue weighted by atomic mass is 16.5. The van der Waals surface area contributed by atoms with Crippen molar-refractivity contribution in [2.45, 2.75) is 32.9 Å². The molecule has 21 heavy (non-hydrogen) atoms. The highest BCUT2D eigenvalue weighted by Crippen LogP contribution is 2.27. The van der Waals surface area contributed by atoms with Gasteiger partial charge in [-0.25, -0.2) is 0 Å². The lowest BCUT2D eigenvalue weighted by Crippen LogP contribution is -2.36. The molecular formula is C14H21N5O2. The molecule has 0 aliphatic heterocycles. The predicted octanol–water partition coefficient (Wildman–Crippen LogP) is 1.57. The van der Waals surface area contributed by atoms with Gasteiger partial charge in [0.05, 0.1) is 20.8 Å². The van der Waals surface area contributed by atoms with E-state index in [-0.39, 0.29) is 5.54 Å². The minimum atomic E-state index is -0.0131. The van der Waals surface area contributed by atoms with Crippen molar-refractivity contribution in [3.8, 4) is 17.2 Å². The zero-order valence-electron chi connectivity index (χ0n) is 13.0. The van der Waals surface area contributed by atoms with Gasteiger partial charge >= 0.3 is 0 Å². The summed E-state index contributed by atoms with van der Waals surface area (Å²) in [6.07, 6.45) is 0. The molecule has 7 nitrogen and oxygen atoms in total. The summed E-state index contributed by atoms with van der Waals surface area (Å²) in [5.74, 6) is 2.09. The monoisotopic (exact) mass is 291 g/mol. The van der Waals surface area contributed by atoms with Crippen LogP contribution in [0.2, 0.25) is 0 Å². The fourth-order valence-corrected chi connectivity index (χ4v) is 1.81. The van der Waals surface area contributed by atoms with Crippen molar-refractivity contribution in [3.05, 3.63) is 24.0 Å². The standard InChI is InChI=1S/C14H21N5O2/c1-14(2,3)15-9-13-16-17-18-19(13)11-7-6-10(20-4)8-12(11)21-5/h6-8,15H,9H2,1-5H3. The molecular weight excluding hydrogens is 270 g/mol. The molecule has 1 aromatic heterocycles. The molecule has 1 N–H and O–H groups in total. The lowest BCUT2D eigenvalue weighted by atomic mass is 10.1. The molecule has 1 heterocycles. The first-order chi connectivity index (χ1) is 9.94. The lowest BCUT2D eigenvalue weighted by molar-refractivity contribution is 0.390. The van der Waals surface area contributed by atoms with Crippen molar-refractivity contribution in [3.63, 3.8) is 0 Å². The Bertz CT molecular complexity index is 604. The summed E-state index contributed by atoms with van der Waals surface area (Å²) in [6, 6.07) is 5.52. The quantitative estimate of drug-likeness (QED) is 0.901. The number of rotatable bonds is 5. The Kier molecular flexibility index (Phi) is 4.42. The molecule has 2 aromatic rings. The number of nitrogens with one attached hydrogen (secondary N) is 1. The largest absolute Gasteiger partial charge is 0.497 e. The van der Waals surface area contributed by atoms with Crippen LogP contribution in [0.25, 0.3) is 5.69 Å². The Labute approximate surface area is 124 Å².